The zero-order valence-corrected chi connectivity index (χ0v) is 11.2. The Balaban J connectivity index is 2.58. The predicted molar refractivity (Wildman–Crippen MR) is 71.3 cm³/mol. The minimum absolute atomic E-state index is 0.325. The van der Waals surface area contributed by atoms with Crippen molar-refractivity contribution in [2.75, 3.05) is 7.11 Å². The predicted octanol–water partition coefficient (Wildman–Crippen LogP) is 2.98. The number of aryl methyl sites for hydroxylation is 1. The number of ether oxygens (including phenoxy) is 1. The Morgan fingerprint density at radius 2 is 2.22 bits per heavy atom. The summed E-state index contributed by atoms with van der Waals surface area (Å²) in [6, 6.07) is 4.76. The van der Waals surface area contributed by atoms with Gasteiger partial charge in [0, 0.05) is 11.4 Å². The van der Waals surface area contributed by atoms with E-state index in [0.29, 0.717) is 22.9 Å². The van der Waals surface area contributed by atoms with Crippen LogP contribution in [-0.2, 0) is 13.0 Å². The summed E-state index contributed by atoms with van der Waals surface area (Å²) in [5, 5.41) is 0.627. The van der Waals surface area contributed by atoms with Crippen LogP contribution in [0.5, 0.6) is 5.75 Å². The molecule has 0 saturated carbocycles. The van der Waals surface area contributed by atoms with Crippen LogP contribution in [0.25, 0.3) is 10.6 Å². The smallest absolute Gasteiger partial charge is 0.137 e. The summed E-state index contributed by atoms with van der Waals surface area (Å²) in [4.78, 5) is 5.46. The van der Waals surface area contributed by atoms with Gasteiger partial charge in [-0.15, -0.1) is 11.3 Å². The number of hydrogen-bond donors (Lipinski definition) is 1. The third-order valence-corrected chi connectivity index (χ3v) is 3.85. The Bertz CT molecular complexity index is 532. The number of rotatable bonds is 4. The third kappa shape index (κ3) is 2.23. The first-order chi connectivity index (χ1) is 8.71. The lowest BCUT2D eigenvalue weighted by atomic mass is 10.2. The number of halogens is 1. The first kappa shape index (κ1) is 13.0. The van der Waals surface area contributed by atoms with Crippen molar-refractivity contribution in [3.63, 3.8) is 0 Å². The van der Waals surface area contributed by atoms with Gasteiger partial charge in [0.2, 0.25) is 0 Å². The average molecular weight is 266 g/mol. The summed E-state index contributed by atoms with van der Waals surface area (Å²) >= 11 is 1.42. The van der Waals surface area contributed by atoms with Crippen molar-refractivity contribution < 1.29 is 9.13 Å². The molecule has 3 nitrogen and oxygen atoms in total. The fourth-order valence-electron chi connectivity index (χ4n) is 1.81. The lowest BCUT2D eigenvalue weighted by Gasteiger charge is -2.06. The van der Waals surface area contributed by atoms with Crippen molar-refractivity contribution in [3.05, 3.63) is 34.6 Å². The van der Waals surface area contributed by atoms with Gasteiger partial charge in [0.25, 0.3) is 0 Å². The van der Waals surface area contributed by atoms with Crippen LogP contribution >= 0.6 is 11.3 Å². The summed E-state index contributed by atoms with van der Waals surface area (Å²) in [6.45, 7) is 2.44. The lowest BCUT2D eigenvalue weighted by Crippen LogP contribution is -1.96. The highest BCUT2D eigenvalue weighted by atomic mass is 32.1. The number of thiazole rings is 1. The van der Waals surface area contributed by atoms with Crippen molar-refractivity contribution in [2.24, 2.45) is 5.73 Å². The maximum atomic E-state index is 13.9. The second kappa shape index (κ2) is 5.46. The van der Waals surface area contributed by atoms with E-state index >= 15 is 0 Å². The highest BCUT2D eigenvalue weighted by Crippen LogP contribution is 2.36. The molecule has 5 heteroatoms. The van der Waals surface area contributed by atoms with Gasteiger partial charge >= 0.3 is 0 Å². The molecule has 0 aliphatic rings. The molecule has 0 unspecified atom stereocenters. The molecular formula is C13H15FN2OS. The molecule has 2 N–H and O–H groups in total. The number of benzene rings is 1. The number of methoxy groups -OCH3 is 1. The van der Waals surface area contributed by atoms with Crippen molar-refractivity contribution >= 4 is 11.3 Å². The zero-order valence-electron chi connectivity index (χ0n) is 10.4. The standard InChI is InChI=1S/C13H15FN2OS/c1-3-9-11(7-15)18-13(16-9)12-8(14)5-4-6-10(12)17-2/h4-6H,3,7,15H2,1-2H3. The molecule has 0 radical (unpaired) electrons. The van der Waals surface area contributed by atoms with Crippen LogP contribution in [0.15, 0.2) is 18.2 Å². The Hall–Kier alpha value is -1.46. The van der Waals surface area contributed by atoms with Crippen LogP contribution in [0, 0.1) is 5.82 Å². The quantitative estimate of drug-likeness (QED) is 0.925. The van der Waals surface area contributed by atoms with Crippen LogP contribution in [0.1, 0.15) is 17.5 Å². The highest BCUT2D eigenvalue weighted by molar-refractivity contribution is 7.15. The highest BCUT2D eigenvalue weighted by Gasteiger charge is 2.17. The zero-order chi connectivity index (χ0) is 13.1. The fourth-order valence-corrected chi connectivity index (χ4v) is 2.89. The first-order valence-corrected chi connectivity index (χ1v) is 6.54. The third-order valence-electron chi connectivity index (χ3n) is 2.71. The van der Waals surface area contributed by atoms with Gasteiger partial charge in [-0.25, -0.2) is 9.37 Å². The Kier molecular flexibility index (Phi) is 3.93. The molecule has 2 aromatic rings. The summed E-state index contributed by atoms with van der Waals surface area (Å²) in [5.41, 5.74) is 7.02. The van der Waals surface area contributed by atoms with E-state index in [1.807, 2.05) is 6.92 Å². The van der Waals surface area contributed by atoms with Crippen molar-refractivity contribution in [1.29, 1.82) is 0 Å². The molecule has 0 bridgehead atoms. The Morgan fingerprint density at radius 1 is 1.44 bits per heavy atom. The maximum absolute atomic E-state index is 13.9. The summed E-state index contributed by atoms with van der Waals surface area (Å²) in [7, 11) is 1.52. The largest absolute Gasteiger partial charge is 0.496 e. The number of nitrogens with two attached hydrogens (primary N) is 1. The van der Waals surface area contributed by atoms with E-state index in [0.717, 1.165) is 17.0 Å². The van der Waals surface area contributed by atoms with Crippen molar-refractivity contribution in [1.82, 2.24) is 4.98 Å². The van der Waals surface area contributed by atoms with Gasteiger partial charge in [-0.2, -0.15) is 0 Å². The molecule has 0 atom stereocenters. The summed E-state index contributed by atoms with van der Waals surface area (Å²) in [6.07, 6.45) is 0.791. The SMILES string of the molecule is CCc1nc(-c2c(F)cccc2OC)sc1CN. The molecule has 0 aliphatic carbocycles. The molecule has 18 heavy (non-hydrogen) atoms. The minimum Gasteiger partial charge on any atom is -0.496 e. The van der Waals surface area contributed by atoms with E-state index in [9.17, 15) is 4.39 Å². The van der Waals surface area contributed by atoms with Gasteiger partial charge in [0.05, 0.1) is 18.4 Å². The number of aromatic nitrogens is 1. The first-order valence-electron chi connectivity index (χ1n) is 5.72. The molecule has 0 amide bonds. The van der Waals surface area contributed by atoms with Crippen LogP contribution in [0.4, 0.5) is 4.39 Å². The number of hydrogen-bond acceptors (Lipinski definition) is 4. The van der Waals surface area contributed by atoms with E-state index in [1.54, 1.807) is 12.1 Å². The second-order valence-corrected chi connectivity index (χ2v) is 4.85. The molecule has 0 saturated heterocycles. The summed E-state index contributed by atoms with van der Waals surface area (Å²) < 4.78 is 19.1. The normalized spacial score (nSPS) is 10.7. The van der Waals surface area contributed by atoms with Crippen LogP contribution in [0.2, 0.25) is 0 Å². The van der Waals surface area contributed by atoms with Crippen LogP contribution in [-0.4, -0.2) is 12.1 Å². The number of nitrogens with zero attached hydrogens (tertiary/aromatic N) is 1. The van der Waals surface area contributed by atoms with Crippen molar-refractivity contribution in [3.8, 4) is 16.3 Å². The van der Waals surface area contributed by atoms with E-state index in [4.69, 9.17) is 10.5 Å². The Labute approximate surface area is 109 Å². The van der Waals surface area contributed by atoms with E-state index in [-0.39, 0.29) is 5.82 Å². The van der Waals surface area contributed by atoms with E-state index in [1.165, 1.54) is 24.5 Å². The molecule has 96 valence electrons. The van der Waals surface area contributed by atoms with Crippen LogP contribution in [0.3, 0.4) is 0 Å². The van der Waals surface area contributed by atoms with Gasteiger partial charge in [0.1, 0.15) is 16.6 Å². The molecular weight excluding hydrogens is 251 g/mol. The van der Waals surface area contributed by atoms with Gasteiger partial charge < -0.3 is 10.5 Å². The molecule has 2 rings (SSSR count). The molecule has 1 aromatic heterocycles. The van der Waals surface area contributed by atoms with Gasteiger partial charge in [-0.1, -0.05) is 13.0 Å². The molecule has 1 heterocycles. The lowest BCUT2D eigenvalue weighted by molar-refractivity contribution is 0.413. The molecule has 0 fully saturated rings. The minimum atomic E-state index is -0.325. The Morgan fingerprint density at radius 3 is 2.78 bits per heavy atom. The van der Waals surface area contributed by atoms with E-state index < -0.39 is 0 Å². The van der Waals surface area contributed by atoms with E-state index in [2.05, 4.69) is 4.98 Å². The topological polar surface area (TPSA) is 48.1 Å². The summed E-state index contributed by atoms with van der Waals surface area (Å²) in [5.74, 6) is 0.171. The molecule has 0 aliphatic heterocycles. The van der Waals surface area contributed by atoms with Gasteiger partial charge in [-0.05, 0) is 18.6 Å². The van der Waals surface area contributed by atoms with Crippen LogP contribution < -0.4 is 10.5 Å². The van der Waals surface area contributed by atoms with Gasteiger partial charge in [0.15, 0.2) is 0 Å². The molecule has 1 aromatic carbocycles. The van der Waals surface area contributed by atoms with Crippen molar-refractivity contribution in [2.45, 2.75) is 19.9 Å². The second-order valence-electron chi connectivity index (χ2n) is 3.76. The average Bonchev–Trinajstić information content (AvgIpc) is 2.81. The molecule has 0 spiro atoms. The monoisotopic (exact) mass is 266 g/mol. The maximum Gasteiger partial charge on any atom is 0.137 e. The van der Waals surface area contributed by atoms with Gasteiger partial charge in [-0.3, -0.25) is 0 Å². The fraction of sp³-hybridized carbons (Fsp3) is 0.308.